The molecule has 3 nitrogen and oxygen atoms in total. The fourth-order valence-corrected chi connectivity index (χ4v) is 2.88. The minimum absolute atomic E-state index is 0. The highest BCUT2D eigenvalue weighted by Crippen LogP contribution is 2.36. The topological polar surface area (TPSA) is 55.1 Å². The van der Waals surface area contributed by atoms with E-state index in [0.29, 0.717) is 5.56 Å². The number of amides is 1. The Balaban J connectivity index is 0.00000242. The largest absolute Gasteiger partial charge is 0.446 e. The summed E-state index contributed by atoms with van der Waals surface area (Å²) < 4.78 is 36.6. The zero-order valence-corrected chi connectivity index (χ0v) is 13.4. The standard InChI is InChI=1S/C14H17F3N2OS.ClH/c15-14(16,17)21-12-7-1-9(2-8-12)13(20)19-11-5-3-10(18)4-6-11;/h1-2,7-8,10-11H,3-6,18H2,(H,19,20);1H. The molecular weight excluding hydrogens is 337 g/mol. The fourth-order valence-electron chi connectivity index (χ4n) is 2.34. The number of nitrogens with two attached hydrogens (primary N) is 1. The lowest BCUT2D eigenvalue weighted by Crippen LogP contribution is -2.40. The first-order valence-corrected chi connectivity index (χ1v) is 7.57. The van der Waals surface area contributed by atoms with Crippen molar-refractivity contribution in [2.75, 3.05) is 0 Å². The summed E-state index contributed by atoms with van der Waals surface area (Å²) in [6.07, 6.45) is 3.45. The maximum Gasteiger partial charge on any atom is 0.446 e. The molecule has 8 heteroatoms. The van der Waals surface area contributed by atoms with Gasteiger partial charge in [-0.2, -0.15) is 13.2 Å². The van der Waals surface area contributed by atoms with Gasteiger partial charge >= 0.3 is 5.51 Å². The molecule has 124 valence electrons. The molecule has 1 aromatic carbocycles. The van der Waals surface area contributed by atoms with Crippen LogP contribution in [0.25, 0.3) is 0 Å². The van der Waals surface area contributed by atoms with Crippen molar-refractivity contribution in [2.45, 2.75) is 48.2 Å². The molecule has 0 bridgehead atoms. The molecule has 0 heterocycles. The van der Waals surface area contributed by atoms with Gasteiger partial charge < -0.3 is 11.1 Å². The maximum absolute atomic E-state index is 12.2. The number of hydrogen-bond acceptors (Lipinski definition) is 3. The predicted octanol–water partition coefficient (Wildman–Crippen LogP) is 3.72. The molecule has 3 N–H and O–H groups in total. The number of halogens is 4. The third-order valence-corrected chi connectivity index (χ3v) is 4.20. The van der Waals surface area contributed by atoms with E-state index >= 15 is 0 Å². The second-order valence-electron chi connectivity index (χ2n) is 5.16. The van der Waals surface area contributed by atoms with Crippen LogP contribution in [-0.2, 0) is 0 Å². The van der Waals surface area contributed by atoms with Crippen LogP contribution in [0.4, 0.5) is 13.2 Å². The van der Waals surface area contributed by atoms with Crippen LogP contribution in [0.3, 0.4) is 0 Å². The second kappa shape index (κ2) is 8.08. The van der Waals surface area contributed by atoms with Crippen LogP contribution in [0, 0.1) is 0 Å². The van der Waals surface area contributed by atoms with Gasteiger partial charge in [0.05, 0.1) is 0 Å². The van der Waals surface area contributed by atoms with Crippen LogP contribution in [0.15, 0.2) is 29.2 Å². The van der Waals surface area contributed by atoms with Gasteiger partial charge in [0.25, 0.3) is 5.91 Å². The van der Waals surface area contributed by atoms with Crippen LogP contribution in [0.5, 0.6) is 0 Å². The van der Waals surface area contributed by atoms with E-state index in [2.05, 4.69) is 5.32 Å². The van der Waals surface area contributed by atoms with Gasteiger partial charge in [-0.3, -0.25) is 4.79 Å². The number of thioether (sulfide) groups is 1. The quantitative estimate of drug-likeness (QED) is 0.813. The molecule has 22 heavy (non-hydrogen) atoms. The van der Waals surface area contributed by atoms with Crippen LogP contribution in [0.2, 0.25) is 0 Å². The number of rotatable bonds is 3. The average Bonchev–Trinajstić information content (AvgIpc) is 2.40. The lowest BCUT2D eigenvalue weighted by Gasteiger charge is -2.26. The van der Waals surface area contributed by atoms with Gasteiger partial charge in [0.2, 0.25) is 0 Å². The van der Waals surface area contributed by atoms with E-state index in [-0.39, 0.29) is 47.1 Å². The average molecular weight is 355 g/mol. The van der Waals surface area contributed by atoms with Gasteiger partial charge in [0, 0.05) is 22.5 Å². The van der Waals surface area contributed by atoms with Crippen molar-refractivity contribution < 1.29 is 18.0 Å². The van der Waals surface area contributed by atoms with E-state index in [1.165, 1.54) is 24.3 Å². The van der Waals surface area contributed by atoms with Crippen molar-refractivity contribution in [1.82, 2.24) is 5.32 Å². The lowest BCUT2D eigenvalue weighted by molar-refractivity contribution is -0.0328. The zero-order chi connectivity index (χ0) is 15.5. The Morgan fingerprint density at radius 3 is 2.18 bits per heavy atom. The van der Waals surface area contributed by atoms with Gasteiger partial charge in [0.1, 0.15) is 0 Å². The van der Waals surface area contributed by atoms with Crippen LogP contribution >= 0.6 is 24.2 Å². The molecule has 1 fully saturated rings. The molecule has 0 unspecified atom stereocenters. The molecule has 0 atom stereocenters. The van der Waals surface area contributed by atoms with E-state index in [1.54, 1.807) is 0 Å². The number of carbonyl (C=O) groups excluding carboxylic acids is 1. The van der Waals surface area contributed by atoms with Crippen molar-refractivity contribution in [3.63, 3.8) is 0 Å². The SMILES string of the molecule is Cl.NC1CCC(NC(=O)c2ccc(SC(F)(F)F)cc2)CC1. The molecule has 0 aliphatic heterocycles. The normalized spacial score (nSPS) is 21.8. The number of benzene rings is 1. The Labute approximate surface area is 137 Å². The summed E-state index contributed by atoms with van der Waals surface area (Å²) >= 11 is -0.189. The molecule has 0 radical (unpaired) electrons. The second-order valence-corrected chi connectivity index (χ2v) is 6.30. The zero-order valence-electron chi connectivity index (χ0n) is 11.7. The highest BCUT2D eigenvalue weighted by Gasteiger charge is 2.29. The van der Waals surface area contributed by atoms with E-state index in [0.717, 1.165) is 25.7 Å². The number of alkyl halides is 3. The Morgan fingerprint density at radius 1 is 1.14 bits per heavy atom. The van der Waals surface area contributed by atoms with E-state index in [4.69, 9.17) is 5.73 Å². The molecule has 1 saturated carbocycles. The highest BCUT2D eigenvalue weighted by atomic mass is 35.5. The van der Waals surface area contributed by atoms with Crippen molar-refractivity contribution in [3.05, 3.63) is 29.8 Å². The molecule has 0 spiro atoms. The molecule has 1 amide bonds. The summed E-state index contributed by atoms with van der Waals surface area (Å²) in [5.41, 5.74) is 1.86. The summed E-state index contributed by atoms with van der Waals surface area (Å²) in [4.78, 5) is 12.1. The summed E-state index contributed by atoms with van der Waals surface area (Å²) in [6, 6.07) is 5.75. The van der Waals surface area contributed by atoms with Crippen molar-refractivity contribution in [3.8, 4) is 0 Å². The molecule has 0 aromatic heterocycles. The van der Waals surface area contributed by atoms with Crippen LogP contribution in [-0.4, -0.2) is 23.5 Å². The molecule has 0 saturated heterocycles. The third kappa shape index (κ3) is 6.06. The number of carbonyl (C=O) groups is 1. The van der Waals surface area contributed by atoms with Crippen LogP contribution in [0.1, 0.15) is 36.0 Å². The summed E-state index contributed by atoms with van der Waals surface area (Å²) in [5, 5.41) is 2.90. The minimum Gasteiger partial charge on any atom is -0.349 e. The van der Waals surface area contributed by atoms with Gasteiger partial charge in [-0.1, -0.05) is 0 Å². The molecule has 2 rings (SSSR count). The van der Waals surface area contributed by atoms with E-state index in [1.807, 2.05) is 0 Å². The van der Waals surface area contributed by atoms with Gasteiger partial charge in [-0.05, 0) is 61.7 Å². The maximum atomic E-state index is 12.2. The van der Waals surface area contributed by atoms with Crippen molar-refractivity contribution in [1.29, 1.82) is 0 Å². The number of nitrogens with one attached hydrogen (secondary N) is 1. The fraction of sp³-hybridized carbons (Fsp3) is 0.500. The minimum atomic E-state index is -4.31. The number of hydrogen-bond donors (Lipinski definition) is 2. The van der Waals surface area contributed by atoms with Gasteiger partial charge in [-0.25, -0.2) is 0 Å². The highest BCUT2D eigenvalue weighted by molar-refractivity contribution is 8.00. The van der Waals surface area contributed by atoms with Gasteiger partial charge in [0.15, 0.2) is 0 Å². The molecule has 1 aromatic rings. The molecular formula is C14H18ClF3N2OS. The van der Waals surface area contributed by atoms with Crippen LogP contribution < -0.4 is 11.1 Å². The van der Waals surface area contributed by atoms with Gasteiger partial charge in [-0.15, -0.1) is 12.4 Å². The Morgan fingerprint density at radius 2 is 1.68 bits per heavy atom. The summed E-state index contributed by atoms with van der Waals surface area (Å²) in [5.74, 6) is -0.251. The first kappa shape index (κ1) is 19.1. The predicted molar refractivity (Wildman–Crippen MR) is 83.3 cm³/mol. The van der Waals surface area contributed by atoms with Crippen molar-refractivity contribution >= 4 is 30.1 Å². The van der Waals surface area contributed by atoms with E-state index in [9.17, 15) is 18.0 Å². The Bertz CT molecular complexity index is 488. The van der Waals surface area contributed by atoms with Crippen molar-refractivity contribution in [2.24, 2.45) is 5.73 Å². The molecule has 1 aliphatic rings. The first-order chi connectivity index (χ1) is 9.83. The smallest absolute Gasteiger partial charge is 0.349 e. The lowest BCUT2D eigenvalue weighted by atomic mass is 9.91. The molecule has 1 aliphatic carbocycles. The summed E-state index contributed by atoms with van der Waals surface area (Å²) in [7, 11) is 0. The monoisotopic (exact) mass is 354 g/mol. The third-order valence-electron chi connectivity index (χ3n) is 3.46. The first-order valence-electron chi connectivity index (χ1n) is 6.76. The Hall–Kier alpha value is -0.920. The Kier molecular flexibility index (Phi) is 7.02. The van der Waals surface area contributed by atoms with E-state index < -0.39 is 5.51 Å². The summed E-state index contributed by atoms with van der Waals surface area (Å²) in [6.45, 7) is 0.